The fraction of sp³-hybridized carbons (Fsp3) is 0.0417. The van der Waals surface area contributed by atoms with Gasteiger partial charge in [-0.1, -0.05) is 60.7 Å². The maximum Gasteiger partial charge on any atom is 0.308 e. The lowest BCUT2D eigenvalue weighted by Gasteiger charge is -2.14. The van der Waals surface area contributed by atoms with Crippen LogP contribution in [0.25, 0.3) is 43.1 Å². The highest BCUT2D eigenvalue weighted by molar-refractivity contribution is 6.21. The first-order valence-corrected chi connectivity index (χ1v) is 8.67. The maximum absolute atomic E-state index is 11.8. The van der Waals surface area contributed by atoms with Gasteiger partial charge in [0.05, 0.1) is 0 Å². The molecule has 5 aromatic rings. The van der Waals surface area contributed by atoms with Gasteiger partial charge in [-0.3, -0.25) is 4.79 Å². The van der Waals surface area contributed by atoms with Crippen LogP contribution >= 0.6 is 0 Å². The predicted molar refractivity (Wildman–Crippen MR) is 108 cm³/mol. The minimum atomic E-state index is -0.305. The topological polar surface area (TPSA) is 26.3 Å². The zero-order valence-corrected chi connectivity index (χ0v) is 14.3. The molecule has 0 saturated heterocycles. The molecule has 2 heteroatoms. The first-order valence-electron chi connectivity index (χ1n) is 8.67. The summed E-state index contributed by atoms with van der Waals surface area (Å²) in [6.45, 7) is 1.45. The molecule has 0 aromatic heterocycles. The molecule has 0 radical (unpaired) electrons. The second kappa shape index (κ2) is 5.57. The SMILES string of the molecule is CC(=O)Oc1c2ccc3ccccc3c2cc2c1ccc1ccccc12. The Morgan fingerprint density at radius 2 is 1.12 bits per heavy atom. The summed E-state index contributed by atoms with van der Waals surface area (Å²) < 4.78 is 5.70. The lowest BCUT2D eigenvalue weighted by Crippen LogP contribution is -2.02. The van der Waals surface area contributed by atoms with Crippen molar-refractivity contribution in [2.24, 2.45) is 0 Å². The van der Waals surface area contributed by atoms with Crippen LogP contribution in [-0.2, 0) is 4.79 Å². The monoisotopic (exact) mass is 336 g/mol. The van der Waals surface area contributed by atoms with Crippen LogP contribution in [0.4, 0.5) is 0 Å². The molecule has 2 nitrogen and oxygen atoms in total. The highest BCUT2D eigenvalue weighted by Crippen LogP contribution is 2.40. The molecule has 5 rings (SSSR count). The number of benzene rings is 5. The van der Waals surface area contributed by atoms with Gasteiger partial charge < -0.3 is 4.74 Å². The summed E-state index contributed by atoms with van der Waals surface area (Å²) in [5.41, 5.74) is 0. The summed E-state index contributed by atoms with van der Waals surface area (Å²) in [6, 6.07) is 27.1. The van der Waals surface area contributed by atoms with Gasteiger partial charge in [-0.2, -0.15) is 0 Å². The van der Waals surface area contributed by atoms with Crippen molar-refractivity contribution in [1.82, 2.24) is 0 Å². The second-order valence-corrected chi connectivity index (χ2v) is 6.56. The van der Waals surface area contributed by atoms with E-state index in [4.69, 9.17) is 4.74 Å². The highest BCUT2D eigenvalue weighted by Gasteiger charge is 2.14. The Morgan fingerprint density at radius 3 is 1.62 bits per heavy atom. The van der Waals surface area contributed by atoms with E-state index >= 15 is 0 Å². The number of carbonyl (C=O) groups excluding carboxylic acids is 1. The van der Waals surface area contributed by atoms with Crippen LogP contribution in [0.5, 0.6) is 5.75 Å². The van der Waals surface area contributed by atoms with Gasteiger partial charge in [0.2, 0.25) is 0 Å². The van der Waals surface area contributed by atoms with Gasteiger partial charge in [-0.05, 0) is 50.5 Å². The molecule has 0 bridgehead atoms. The molecule has 0 unspecified atom stereocenters. The van der Waals surface area contributed by atoms with E-state index in [-0.39, 0.29) is 5.97 Å². The lowest BCUT2D eigenvalue weighted by molar-refractivity contribution is -0.131. The highest BCUT2D eigenvalue weighted by atomic mass is 16.5. The van der Waals surface area contributed by atoms with Crippen molar-refractivity contribution in [2.75, 3.05) is 0 Å². The Balaban J connectivity index is 2.06. The zero-order valence-electron chi connectivity index (χ0n) is 14.3. The van der Waals surface area contributed by atoms with Gasteiger partial charge in [-0.15, -0.1) is 0 Å². The molecule has 0 amide bonds. The third-order valence-electron chi connectivity index (χ3n) is 4.97. The third-order valence-corrected chi connectivity index (χ3v) is 4.97. The molecule has 0 aliphatic carbocycles. The number of carbonyl (C=O) groups is 1. The van der Waals surface area contributed by atoms with Crippen molar-refractivity contribution in [1.29, 1.82) is 0 Å². The average Bonchev–Trinajstić information content (AvgIpc) is 2.67. The van der Waals surface area contributed by atoms with Crippen LogP contribution in [0.15, 0.2) is 78.9 Å². The van der Waals surface area contributed by atoms with Crippen LogP contribution in [0.3, 0.4) is 0 Å². The summed E-state index contributed by atoms with van der Waals surface area (Å²) in [4.78, 5) is 11.8. The minimum absolute atomic E-state index is 0.305. The van der Waals surface area contributed by atoms with E-state index in [1.54, 1.807) is 0 Å². The molecule has 0 fully saturated rings. The fourth-order valence-electron chi connectivity index (χ4n) is 3.84. The summed E-state index contributed by atoms with van der Waals surface area (Å²) in [5.74, 6) is 0.335. The van der Waals surface area contributed by atoms with Crippen molar-refractivity contribution in [3.63, 3.8) is 0 Å². The number of ether oxygens (including phenoxy) is 1. The largest absolute Gasteiger partial charge is 0.425 e. The number of esters is 1. The van der Waals surface area contributed by atoms with Gasteiger partial charge >= 0.3 is 5.97 Å². The van der Waals surface area contributed by atoms with Crippen LogP contribution in [0.2, 0.25) is 0 Å². The normalized spacial score (nSPS) is 11.4. The molecular weight excluding hydrogens is 320 g/mol. The van der Waals surface area contributed by atoms with Crippen molar-refractivity contribution in [3.05, 3.63) is 78.9 Å². The summed E-state index contributed by atoms with van der Waals surface area (Å²) in [7, 11) is 0. The summed E-state index contributed by atoms with van der Waals surface area (Å²) >= 11 is 0. The standard InChI is InChI=1S/C24H16O2/c1-15(25)26-24-20-12-10-16-6-2-4-8-18(16)22(20)14-23-19-9-5-3-7-17(19)11-13-21(23)24/h2-14H,1H3. The number of hydrogen-bond acceptors (Lipinski definition) is 2. The van der Waals surface area contributed by atoms with Crippen LogP contribution in [0.1, 0.15) is 6.92 Å². The van der Waals surface area contributed by atoms with E-state index in [0.717, 1.165) is 32.3 Å². The smallest absolute Gasteiger partial charge is 0.308 e. The fourth-order valence-corrected chi connectivity index (χ4v) is 3.84. The van der Waals surface area contributed by atoms with E-state index in [1.807, 2.05) is 36.4 Å². The predicted octanol–water partition coefficient (Wildman–Crippen LogP) is 6.22. The van der Waals surface area contributed by atoms with E-state index in [0.29, 0.717) is 5.75 Å². The Hall–Kier alpha value is -3.39. The quantitative estimate of drug-likeness (QED) is 0.157. The molecule has 0 N–H and O–H groups in total. The Kier molecular flexibility index (Phi) is 3.19. The van der Waals surface area contributed by atoms with E-state index in [9.17, 15) is 4.79 Å². The van der Waals surface area contributed by atoms with Gasteiger partial charge in [0, 0.05) is 17.7 Å². The second-order valence-electron chi connectivity index (χ2n) is 6.56. The average molecular weight is 336 g/mol. The van der Waals surface area contributed by atoms with Gasteiger partial charge in [0.15, 0.2) is 0 Å². The Morgan fingerprint density at radius 1 is 0.615 bits per heavy atom. The molecule has 5 aromatic carbocycles. The Labute approximate surface area is 150 Å². The molecule has 26 heavy (non-hydrogen) atoms. The van der Waals surface area contributed by atoms with E-state index in [1.165, 1.54) is 17.7 Å². The van der Waals surface area contributed by atoms with Crippen molar-refractivity contribution >= 4 is 49.1 Å². The molecule has 0 aliphatic rings. The minimum Gasteiger partial charge on any atom is -0.425 e. The molecular formula is C24H16O2. The zero-order chi connectivity index (χ0) is 17.7. The first kappa shape index (κ1) is 14.9. The summed E-state index contributed by atoms with van der Waals surface area (Å²) in [5, 5.41) is 8.79. The number of hydrogen-bond donors (Lipinski definition) is 0. The number of fused-ring (bicyclic) bond motifs is 6. The summed E-state index contributed by atoms with van der Waals surface area (Å²) in [6.07, 6.45) is 0. The molecule has 0 spiro atoms. The van der Waals surface area contributed by atoms with E-state index in [2.05, 4.69) is 42.5 Å². The molecule has 0 atom stereocenters. The van der Waals surface area contributed by atoms with E-state index < -0.39 is 0 Å². The maximum atomic E-state index is 11.8. The van der Waals surface area contributed by atoms with Crippen LogP contribution in [-0.4, -0.2) is 5.97 Å². The van der Waals surface area contributed by atoms with Crippen molar-refractivity contribution in [2.45, 2.75) is 6.92 Å². The number of rotatable bonds is 1. The first-order chi connectivity index (χ1) is 12.7. The van der Waals surface area contributed by atoms with Gasteiger partial charge in [-0.25, -0.2) is 0 Å². The third kappa shape index (κ3) is 2.16. The van der Waals surface area contributed by atoms with Crippen molar-refractivity contribution < 1.29 is 9.53 Å². The van der Waals surface area contributed by atoms with Crippen molar-refractivity contribution in [3.8, 4) is 5.75 Å². The molecule has 0 saturated carbocycles. The molecule has 124 valence electrons. The van der Waals surface area contributed by atoms with Gasteiger partial charge in [0.25, 0.3) is 0 Å². The van der Waals surface area contributed by atoms with Crippen LogP contribution < -0.4 is 4.74 Å². The lowest BCUT2D eigenvalue weighted by atomic mass is 9.94. The Bertz CT molecular complexity index is 1240. The van der Waals surface area contributed by atoms with Crippen LogP contribution in [0, 0.1) is 0 Å². The molecule has 0 heterocycles. The molecule has 0 aliphatic heterocycles. The van der Waals surface area contributed by atoms with Gasteiger partial charge in [0.1, 0.15) is 5.75 Å².